The first-order valence-corrected chi connectivity index (χ1v) is 16.2. The molecule has 1 aliphatic heterocycles. The van der Waals surface area contributed by atoms with Gasteiger partial charge in [-0.1, -0.05) is 6.42 Å². The second kappa shape index (κ2) is 11.5. The minimum absolute atomic E-state index is 0.0443. The third-order valence-corrected chi connectivity index (χ3v) is 8.37. The number of ether oxygens (including phenoxy) is 2. The number of hydrogen-bond acceptors (Lipinski definition) is 8. The summed E-state index contributed by atoms with van der Waals surface area (Å²) in [6, 6.07) is 4.07. The van der Waals surface area contributed by atoms with Crippen LogP contribution in [0.3, 0.4) is 0 Å². The van der Waals surface area contributed by atoms with Gasteiger partial charge in [-0.2, -0.15) is 13.2 Å². The van der Waals surface area contributed by atoms with Crippen molar-refractivity contribution < 1.29 is 45.0 Å². The molecule has 0 saturated heterocycles. The van der Waals surface area contributed by atoms with E-state index in [2.05, 4.69) is 14.7 Å². The van der Waals surface area contributed by atoms with E-state index in [-0.39, 0.29) is 28.6 Å². The number of benzene rings is 1. The second-order valence-electron chi connectivity index (χ2n) is 12.5. The lowest BCUT2D eigenvalue weighted by Crippen LogP contribution is -2.44. The fraction of sp³-hybridized carbons (Fsp3) is 0.467. The van der Waals surface area contributed by atoms with Crippen molar-refractivity contribution in [2.75, 3.05) is 42.6 Å². The Balaban J connectivity index is 1.48. The molecule has 5 rings (SSSR count). The van der Waals surface area contributed by atoms with Gasteiger partial charge in [0, 0.05) is 41.4 Å². The number of carbonyl (C=O) groups is 2. The molecule has 1 spiro atoms. The lowest BCUT2D eigenvalue weighted by atomic mass is 9.64. The molecule has 3 heterocycles. The topological polar surface area (TPSA) is 131 Å². The van der Waals surface area contributed by atoms with Crippen molar-refractivity contribution >= 4 is 44.3 Å². The van der Waals surface area contributed by atoms with Gasteiger partial charge in [0.1, 0.15) is 30.3 Å². The fourth-order valence-corrected chi connectivity index (χ4v) is 6.28. The molecule has 3 aromatic rings. The molecule has 1 fully saturated rings. The van der Waals surface area contributed by atoms with Crippen LogP contribution in [0, 0.1) is 5.82 Å². The quantitative estimate of drug-likeness (QED) is 0.317. The van der Waals surface area contributed by atoms with Crippen LogP contribution in [0.15, 0.2) is 30.6 Å². The molecule has 2 amide bonds. The van der Waals surface area contributed by atoms with E-state index in [0.717, 1.165) is 18.2 Å². The van der Waals surface area contributed by atoms with E-state index in [1.165, 1.54) is 39.1 Å². The lowest BCUT2D eigenvalue weighted by molar-refractivity contribution is -0.145. The highest BCUT2D eigenvalue weighted by atomic mass is 32.2. The summed E-state index contributed by atoms with van der Waals surface area (Å²) in [6.07, 6.45) is -0.110. The van der Waals surface area contributed by atoms with Crippen LogP contribution in [-0.2, 0) is 25.0 Å². The van der Waals surface area contributed by atoms with Gasteiger partial charge in [-0.15, -0.1) is 0 Å². The highest BCUT2D eigenvalue weighted by molar-refractivity contribution is 7.92. The molecule has 1 aliphatic carbocycles. The van der Waals surface area contributed by atoms with E-state index < -0.39 is 58.8 Å². The number of alkyl halides is 3. The first-order valence-electron chi connectivity index (χ1n) is 14.3. The average molecular weight is 668 g/mol. The maximum absolute atomic E-state index is 15.5. The predicted molar refractivity (Wildman–Crippen MR) is 162 cm³/mol. The zero-order valence-corrected chi connectivity index (χ0v) is 26.6. The zero-order chi connectivity index (χ0) is 33.8. The number of pyridine rings is 2. The number of fused-ring (bicyclic) bond motifs is 4. The monoisotopic (exact) mass is 667 g/mol. The van der Waals surface area contributed by atoms with Gasteiger partial charge in [0.05, 0.1) is 35.6 Å². The molecule has 1 N–H and O–H groups in total. The summed E-state index contributed by atoms with van der Waals surface area (Å²) >= 11 is 0. The Labute approximate surface area is 262 Å². The maximum Gasteiger partial charge on any atom is 0.410 e. The van der Waals surface area contributed by atoms with Gasteiger partial charge in [0.15, 0.2) is 0 Å². The van der Waals surface area contributed by atoms with Crippen LogP contribution in [-0.4, -0.2) is 80.1 Å². The first kappa shape index (κ1) is 33.2. The van der Waals surface area contributed by atoms with Crippen molar-refractivity contribution in [3.8, 4) is 17.0 Å². The molecule has 0 radical (unpaired) electrons. The number of carbonyl (C=O) groups excluding carboxylic acids is 2. The number of nitrogens with one attached hydrogen (secondary N) is 1. The number of rotatable bonds is 8. The van der Waals surface area contributed by atoms with Crippen LogP contribution in [0.2, 0.25) is 0 Å². The summed E-state index contributed by atoms with van der Waals surface area (Å²) in [6.45, 7) is 1.84. The van der Waals surface area contributed by atoms with Gasteiger partial charge < -0.3 is 14.4 Å². The minimum Gasteiger partial charge on any atom is -0.474 e. The third kappa shape index (κ3) is 6.66. The van der Waals surface area contributed by atoms with E-state index in [1.54, 1.807) is 24.2 Å². The van der Waals surface area contributed by atoms with Crippen LogP contribution in [0.25, 0.3) is 22.0 Å². The second-order valence-corrected chi connectivity index (χ2v) is 14.2. The fourth-order valence-electron chi connectivity index (χ4n) is 5.73. The molecule has 0 unspecified atom stereocenters. The molecule has 1 aromatic carbocycles. The molecular formula is C30H33F4N5O6S. The van der Waals surface area contributed by atoms with Crippen LogP contribution < -0.4 is 14.4 Å². The first-order chi connectivity index (χ1) is 21.3. The van der Waals surface area contributed by atoms with Gasteiger partial charge in [0.2, 0.25) is 21.8 Å². The molecule has 46 heavy (non-hydrogen) atoms. The van der Waals surface area contributed by atoms with E-state index in [9.17, 15) is 31.2 Å². The number of amides is 2. The number of halogens is 4. The molecule has 2 aliphatic rings. The standard InChI is InChI=1S/C30H33F4N5O6S/c1-28(2,3)45-27(41)39(16-30(32,33)34)9-10-44-25-22(37-46(5,42)43)11-17(14-36-25)18-12-19-21(13-20(18)31)35-15-23-24(19)29(7-6-8-29)26(40)38(23)4/h11-15,37H,6-10,16H2,1-5H3. The van der Waals surface area contributed by atoms with Gasteiger partial charge in [-0.25, -0.2) is 22.6 Å². The number of sulfonamides is 1. The minimum atomic E-state index is -4.72. The normalized spacial score (nSPS) is 15.9. The number of aromatic nitrogens is 2. The largest absolute Gasteiger partial charge is 0.474 e. The molecular weight excluding hydrogens is 634 g/mol. The third-order valence-electron chi connectivity index (χ3n) is 7.78. The SMILES string of the molecule is CN1C(=O)C2(CCC2)c2c1cnc1cc(F)c(-c3cnc(OCCN(CC(F)(F)F)C(=O)OC(C)(C)C)c(NS(C)(=O)=O)c3)cc21. The summed E-state index contributed by atoms with van der Waals surface area (Å²) < 4.78 is 92.3. The van der Waals surface area contributed by atoms with Crippen molar-refractivity contribution in [2.45, 2.75) is 57.2 Å². The molecule has 1 saturated carbocycles. The summed E-state index contributed by atoms with van der Waals surface area (Å²) in [4.78, 5) is 36.1. The smallest absolute Gasteiger partial charge is 0.410 e. The molecule has 0 bridgehead atoms. The van der Waals surface area contributed by atoms with Crippen LogP contribution >= 0.6 is 0 Å². The van der Waals surface area contributed by atoms with E-state index in [4.69, 9.17) is 9.47 Å². The van der Waals surface area contributed by atoms with Gasteiger partial charge in [-0.3, -0.25) is 19.4 Å². The molecule has 2 aromatic heterocycles. The lowest BCUT2D eigenvalue weighted by Gasteiger charge is -2.37. The highest BCUT2D eigenvalue weighted by Crippen LogP contribution is 2.55. The Morgan fingerprint density at radius 3 is 2.41 bits per heavy atom. The van der Waals surface area contributed by atoms with Crippen molar-refractivity contribution in [1.29, 1.82) is 0 Å². The Morgan fingerprint density at radius 1 is 1.13 bits per heavy atom. The van der Waals surface area contributed by atoms with Crippen molar-refractivity contribution in [3.63, 3.8) is 0 Å². The van der Waals surface area contributed by atoms with Crippen LogP contribution in [0.1, 0.15) is 45.6 Å². The van der Waals surface area contributed by atoms with E-state index in [0.29, 0.717) is 34.3 Å². The highest BCUT2D eigenvalue weighted by Gasteiger charge is 2.54. The Morgan fingerprint density at radius 2 is 1.83 bits per heavy atom. The van der Waals surface area contributed by atoms with Crippen LogP contribution in [0.4, 0.5) is 33.7 Å². The summed E-state index contributed by atoms with van der Waals surface area (Å²) in [5.41, 5.74) is 0.00315. The predicted octanol–water partition coefficient (Wildman–Crippen LogP) is 5.38. The van der Waals surface area contributed by atoms with Gasteiger partial charge >= 0.3 is 12.3 Å². The zero-order valence-electron chi connectivity index (χ0n) is 25.8. The van der Waals surface area contributed by atoms with Crippen molar-refractivity contribution in [2.24, 2.45) is 0 Å². The van der Waals surface area contributed by atoms with Crippen molar-refractivity contribution in [1.82, 2.24) is 14.9 Å². The van der Waals surface area contributed by atoms with Crippen LogP contribution in [0.5, 0.6) is 5.88 Å². The van der Waals surface area contributed by atoms with Gasteiger partial charge in [0.25, 0.3) is 0 Å². The average Bonchev–Trinajstić information content (AvgIpc) is 3.13. The van der Waals surface area contributed by atoms with Gasteiger partial charge in [-0.05, 0) is 45.7 Å². The summed E-state index contributed by atoms with van der Waals surface area (Å²) in [7, 11) is -2.25. The van der Waals surface area contributed by atoms with E-state index in [1.807, 2.05) is 0 Å². The summed E-state index contributed by atoms with van der Waals surface area (Å²) in [5.74, 6) is -1.03. The number of anilines is 2. The number of hydrogen-bond donors (Lipinski definition) is 1. The molecule has 16 heteroatoms. The number of nitrogens with zero attached hydrogens (tertiary/aromatic N) is 4. The maximum atomic E-state index is 15.5. The molecule has 0 atom stereocenters. The summed E-state index contributed by atoms with van der Waals surface area (Å²) in [5, 5.41) is 0.580. The molecule has 248 valence electrons. The Bertz CT molecular complexity index is 1820. The van der Waals surface area contributed by atoms with Crippen molar-refractivity contribution in [3.05, 3.63) is 42.0 Å². The Kier molecular flexibility index (Phi) is 8.32. The molecule has 11 nitrogen and oxygen atoms in total. The number of likely N-dealkylation sites (N-methyl/N-ethyl adjacent to an activating group) is 1. The Hall–Kier alpha value is -4.21. The van der Waals surface area contributed by atoms with E-state index >= 15 is 4.39 Å².